The van der Waals surface area contributed by atoms with Crippen LogP contribution in [0.2, 0.25) is 0 Å². The summed E-state index contributed by atoms with van der Waals surface area (Å²) < 4.78 is 10.4. The first-order chi connectivity index (χ1) is 26.2. The van der Waals surface area contributed by atoms with Crippen LogP contribution in [0.4, 0.5) is 17.3 Å². The van der Waals surface area contributed by atoms with Gasteiger partial charge in [0.25, 0.3) is 11.6 Å². The number of nitrogens with one attached hydrogen (secondary N) is 4. The zero-order chi connectivity index (χ0) is 40.4. The third-order valence-corrected chi connectivity index (χ3v) is 9.31. The number of hydrogen-bond acceptors (Lipinski definition) is 11. The van der Waals surface area contributed by atoms with Crippen molar-refractivity contribution in [2.45, 2.75) is 49.9 Å². The smallest absolute Gasteiger partial charge is 0.274 e. The van der Waals surface area contributed by atoms with Crippen LogP contribution in [0.5, 0.6) is 23.0 Å². The minimum absolute atomic E-state index is 0.0324. The number of thioether (sulfide) groups is 1. The second kappa shape index (κ2) is 18.8. The molecule has 55 heavy (non-hydrogen) atoms. The molecular formula is C37H36ClN9O6S2. The topological polar surface area (TPSA) is 200 Å². The zero-order valence-corrected chi connectivity index (χ0v) is 32.8. The Kier molecular flexibility index (Phi) is 14.2. The molecule has 1 amide bonds. The highest BCUT2D eigenvalue weighted by Crippen LogP contribution is 2.31. The molecule has 6 rings (SSSR count). The van der Waals surface area contributed by atoms with E-state index in [-0.39, 0.29) is 29.6 Å². The number of phenolic OH excluding ortho intramolecular Hbond substituents is 2. The van der Waals surface area contributed by atoms with Crippen molar-refractivity contribution in [3.63, 3.8) is 0 Å². The van der Waals surface area contributed by atoms with Gasteiger partial charge in [-0.1, -0.05) is 31.0 Å². The maximum absolute atomic E-state index is 12.4. The highest BCUT2D eigenvalue weighted by Gasteiger charge is 2.19. The molecular weight excluding hydrogens is 766 g/mol. The molecule has 4 aromatic heterocycles. The largest absolute Gasteiger partial charge is 0.504 e. The van der Waals surface area contributed by atoms with Crippen LogP contribution >= 0.6 is 35.6 Å². The van der Waals surface area contributed by atoms with Gasteiger partial charge in [-0.3, -0.25) is 9.59 Å². The summed E-state index contributed by atoms with van der Waals surface area (Å²) in [4.78, 5) is 52.0. The Labute approximate surface area is 330 Å². The van der Waals surface area contributed by atoms with Gasteiger partial charge in [0, 0.05) is 29.3 Å². The fourth-order valence-electron chi connectivity index (χ4n) is 4.90. The summed E-state index contributed by atoms with van der Waals surface area (Å²) in [6.45, 7) is 21.0. The number of alkyl halides is 1. The molecule has 2 aromatic carbocycles. The number of nitrogens with zero attached hydrogens (tertiary/aromatic N) is 5. The first kappa shape index (κ1) is 41.6. The summed E-state index contributed by atoms with van der Waals surface area (Å²) >= 11 is 11.8. The SMILES string of the molecule is COc1ccc(CC(=O)C(C)Cl)cc1O.[C-]#[N+]c1ncc2[nH]c(=S)[nH]c2c1C.[C-]#[N+]c1ncc2[nH]c(SC(C)C(=O)Nc3ccc(OC)c(O)c3)nc2c1C. The number of amides is 1. The molecule has 284 valence electrons. The number of rotatable bonds is 9. The molecule has 0 aliphatic carbocycles. The molecule has 0 fully saturated rings. The summed E-state index contributed by atoms with van der Waals surface area (Å²) in [6.07, 6.45) is 3.40. The van der Waals surface area contributed by atoms with Gasteiger partial charge in [-0.05, 0) is 69.7 Å². The third-order valence-electron chi connectivity index (χ3n) is 7.88. The lowest BCUT2D eigenvalue weighted by atomic mass is 10.1. The predicted molar refractivity (Wildman–Crippen MR) is 214 cm³/mol. The lowest BCUT2D eigenvalue weighted by Gasteiger charge is -2.11. The van der Waals surface area contributed by atoms with Crippen molar-refractivity contribution < 1.29 is 29.3 Å². The highest BCUT2D eigenvalue weighted by atomic mass is 35.5. The standard InChI is InChI=1S/C18H17N5O3S.C11H13ClO3.C8H6N4S/c1-9-15-12(8-20-16(9)19-3)22-18(23-15)27-10(2)17(25)21-11-5-6-14(26-4)13(24)7-11;1-7(12)9(13)5-8-3-4-11(15-2)10(14)6-8;1-4-6-5(11-8(13)12-6)3-10-7(4)9-2/h5-8,10,24H,1-2,4H3,(H,21,25)(H,22,23);3-4,6-7,14H,5H2,1-2H3;3H,1H3,(H2,11,12,13). The van der Waals surface area contributed by atoms with Gasteiger partial charge in [0.05, 0.1) is 35.9 Å². The van der Waals surface area contributed by atoms with E-state index >= 15 is 0 Å². The first-order valence-corrected chi connectivity index (χ1v) is 18.0. The van der Waals surface area contributed by atoms with Crippen LogP contribution in [-0.2, 0) is 16.0 Å². The zero-order valence-electron chi connectivity index (χ0n) is 30.4. The van der Waals surface area contributed by atoms with E-state index in [0.29, 0.717) is 49.8 Å². The molecule has 0 saturated heterocycles. The molecule has 6 aromatic rings. The molecule has 2 atom stereocenters. The number of aryl methyl sites for hydroxylation is 2. The van der Waals surface area contributed by atoms with Crippen molar-refractivity contribution in [3.8, 4) is 23.0 Å². The number of anilines is 1. The van der Waals surface area contributed by atoms with E-state index in [0.717, 1.165) is 27.7 Å². The summed E-state index contributed by atoms with van der Waals surface area (Å²) in [7, 11) is 2.93. The Morgan fingerprint density at radius 3 is 2.11 bits per heavy atom. The molecule has 18 heteroatoms. The maximum atomic E-state index is 12.4. The van der Waals surface area contributed by atoms with E-state index in [1.165, 1.54) is 38.1 Å². The molecule has 6 N–H and O–H groups in total. The number of ether oxygens (including phenoxy) is 2. The maximum Gasteiger partial charge on any atom is 0.274 e. The Morgan fingerprint density at radius 1 is 0.927 bits per heavy atom. The number of carbonyl (C=O) groups is 2. The lowest BCUT2D eigenvalue weighted by molar-refractivity contribution is -0.118. The molecule has 15 nitrogen and oxygen atoms in total. The number of pyridine rings is 2. The molecule has 0 aliphatic rings. The second-order valence-corrected chi connectivity index (χ2v) is 14.1. The number of imidazole rings is 2. The van der Waals surface area contributed by atoms with Gasteiger partial charge >= 0.3 is 0 Å². The minimum Gasteiger partial charge on any atom is -0.504 e. The van der Waals surface area contributed by atoms with Crippen LogP contribution < -0.4 is 14.8 Å². The molecule has 2 unspecified atom stereocenters. The molecule has 0 bridgehead atoms. The molecule has 0 spiro atoms. The van der Waals surface area contributed by atoms with Crippen LogP contribution in [0.25, 0.3) is 31.8 Å². The summed E-state index contributed by atoms with van der Waals surface area (Å²) in [6, 6.07) is 9.52. The normalized spacial score (nSPS) is 11.5. The Morgan fingerprint density at radius 2 is 1.53 bits per heavy atom. The summed E-state index contributed by atoms with van der Waals surface area (Å²) in [5.41, 5.74) is 5.83. The number of fused-ring (bicyclic) bond motifs is 2. The number of aromatic amines is 3. The van der Waals surface area contributed by atoms with Gasteiger partial charge in [0.2, 0.25) is 5.91 Å². The minimum atomic E-state index is -0.505. The van der Waals surface area contributed by atoms with Gasteiger partial charge in [-0.25, -0.2) is 4.98 Å². The van der Waals surface area contributed by atoms with Crippen LogP contribution in [0, 0.1) is 31.8 Å². The number of carbonyl (C=O) groups excluding carboxylic acids is 2. The average molecular weight is 802 g/mol. The summed E-state index contributed by atoms with van der Waals surface area (Å²) in [5.74, 6) is 1.14. The van der Waals surface area contributed by atoms with Crippen LogP contribution in [0.3, 0.4) is 0 Å². The first-order valence-electron chi connectivity index (χ1n) is 16.2. The fraction of sp³-hybridized carbons (Fsp3) is 0.243. The van der Waals surface area contributed by atoms with Gasteiger partial charge in [0.15, 0.2) is 38.7 Å². The van der Waals surface area contributed by atoms with Crippen molar-refractivity contribution in [1.29, 1.82) is 0 Å². The Balaban J connectivity index is 0.000000202. The Hall–Kier alpha value is -6.14. The number of halogens is 1. The number of aromatic nitrogens is 6. The van der Waals surface area contributed by atoms with Crippen molar-refractivity contribution in [1.82, 2.24) is 29.9 Å². The number of phenols is 2. The number of aromatic hydroxyl groups is 2. The van der Waals surface area contributed by atoms with Crippen molar-refractivity contribution >= 4 is 86.7 Å². The quantitative estimate of drug-likeness (QED) is 0.0356. The van der Waals surface area contributed by atoms with E-state index in [4.69, 9.17) is 46.4 Å². The van der Waals surface area contributed by atoms with E-state index in [2.05, 4.69) is 44.9 Å². The predicted octanol–water partition coefficient (Wildman–Crippen LogP) is 8.27. The van der Waals surface area contributed by atoms with Gasteiger partial charge in [0.1, 0.15) is 23.4 Å². The van der Waals surface area contributed by atoms with Gasteiger partial charge in [-0.15, -0.1) is 21.6 Å². The number of ketones is 1. The lowest BCUT2D eigenvalue weighted by Crippen LogP contribution is -2.22. The van der Waals surface area contributed by atoms with E-state index < -0.39 is 10.6 Å². The fourth-order valence-corrected chi connectivity index (χ4v) is 6.00. The van der Waals surface area contributed by atoms with Crippen LogP contribution in [0.15, 0.2) is 53.9 Å². The van der Waals surface area contributed by atoms with Gasteiger partial charge < -0.3 is 49.6 Å². The Bertz CT molecular complexity index is 2500. The molecule has 0 radical (unpaired) electrons. The number of H-pyrrole nitrogens is 3. The molecule has 0 aliphatic heterocycles. The average Bonchev–Trinajstić information content (AvgIpc) is 3.76. The number of methoxy groups -OCH3 is 2. The van der Waals surface area contributed by atoms with Crippen molar-refractivity contribution in [2.75, 3.05) is 19.5 Å². The number of hydrogen-bond donors (Lipinski definition) is 6. The highest BCUT2D eigenvalue weighted by molar-refractivity contribution is 8.00. The monoisotopic (exact) mass is 801 g/mol. The second-order valence-electron chi connectivity index (χ2n) is 11.7. The third kappa shape index (κ3) is 10.5. The van der Waals surface area contributed by atoms with Crippen molar-refractivity contribution in [2.24, 2.45) is 0 Å². The van der Waals surface area contributed by atoms with E-state index in [1.807, 2.05) is 6.92 Å². The summed E-state index contributed by atoms with van der Waals surface area (Å²) in [5, 5.41) is 21.6. The van der Waals surface area contributed by atoms with Crippen molar-refractivity contribution in [3.05, 3.63) is 93.1 Å². The number of benzene rings is 2. The number of Topliss-reactive ketones (excluding diaryl/α,β-unsaturated/α-hetero) is 1. The van der Waals surface area contributed by atoms with Gasteiger partial charge in [-0.2, -0.15) is 0 Å². The van der Waals surface area contributed by atoms with E-state index in [9.17, 15) is 19.8 Å². The molecule has 0 saturated carbocycles. The van der Waals surface area contributed by atoms with E-state index in [1.54, 1.807) is 57.4 Å². The molecule has 4 heterocycles. The van der Waals surface area contributed by atoms with Crippen LogP contribution in [0.1, 0.15) is 30.5 Å². The van der Waals surface area contributed by atoms with Crippen LogP contribution in [-0.4, -0.2) is 76.7 Å².